The van der Waals surface area contributed by atoms with E-state index >= 15 is 0 Å². The van der Waals surface area contributed by atoms with Gasteiger partial charge in [0.25, 0.3) is 5.91 Å². The Balaban J connectivity index is 1.58. The van der Waals surface area contributed by atoms with E-state index in [4.69, 9.17) is 4.42 Å². The summed E-state index contributed by atoms with van der Waals surface area (Å²) in [4.78, 5) is 15.3. The molecule has 0 radical (unpaired) electrons. The van der Waals surface area contributed by atoms with Gasteiger partial charge in [0.15, 0.2) is 0 Å². The largest absolute Gasteiger partial charge is 0.461 e. The van der Waals surface area contributed by atoms with Gasteiger partial charge in [0.2, 0.25) is 0 Å². The number of nitrogens with one attached hydrogen (secondary N) is 1. The first-order valence-electron chi connectivity index (χ1n) is 8.51. The van der Waals surface area contributed by atoms with Gasteiger partial charge in [0, 0.05) is 22.5 Å². The number of hydrogen-bond donors (Lipinski definition) is 1. The molecule has 0 saturated carbocycles. The zero-order valence-electron chi connectivity index (χ0n) is 14.1. The van der Waals surface area contributed by atoms with Crippen molar-refractivity contribution >= 4 is 16.9 Å². The Bertz CT molecular complexity index is 754. The highest BCUT2D eigenvalue weighted by Gasteiger charge is 2.48. The van der Waals surface area contributed by atoms with Gasteiger partial charge in [0.1, 0.15) is 11.3 Å². The molecule has 3 fully saturated rings. The molecule has 3 aliphatic rings. The second-order valence-electron chi connectivity index (χ2n) is 7.54. The van der Waals surface area contributed by atoms with E-state index in [1.165, 1.54) is 12.8 Å². The summed E-state index contributed by atoms with van der Waals surface area (Å²) < 4.78 is 5.59. The molecule has 3 saturated heterocycles. The molecule has 5 rings (SSSR count). The number of carbonyl (C=O) groups is 1. The van der Waals surface area contributed by atoms with Crippen LogP contribution in [0.2, 0.25) is 0 Å². The van der Waals surface area contributed by atoms with Crippen LogP contribution in [0.25, 0.3) is 11.0 Å². The van der Waals surface area contributed by atoms with Crippen LogP contribution in [0.5, 0.6) is 0 Å². The Morgan fingerprint density at radius 3 is 2.70 bits per heavy atom. The predicted molar refractivity (Wildman–Crippen MR) is 90.6 cm³/mol. The number of aryl methyl sites for hydroxylation is 1. The SMILES string of the molecule is Cc1cc2cc(C(=O)NC3C4CCN(CC4)C3(C)C)ccc2o1. The van der Waals surface area contributed by atoms with Crippen molar-refractivity contribution in [3.05, 3.63) is 35.6 Å². The molecule has 1 aromatic heterocycles. The van der Waals surface area contributed by atoms with Crippen molar-refractivity contribution in [1.82, 2.24) is 10.2 Å². The summed E-state index contributed by atoms with van der Waals surface area (Å²) in [6.07, 6.45) is 2.38. The standard InChI is InChI=1S/C19H24N2O2/c1-12-10-15-11-14(4-5-16(15)23-12)18(22)20-17-13-6-8-21(9-7-13)19(17,2)3/h4-5,10-11,13,17H,6-9H2,1-3H3,(H,20,22). The number of carbonyl (C=O) groups excluding carboxylic acids is 1. The lowest BCUT2D eigenvalue weighted by Gasteiger charge is -2.56. The van der Waals surface area contributed by atoms with E-state index < -0.39 is 0 Å². The van der Waals surface area contributed by atoms with Gasteiger partial charge in [-0.2, -0.15) is 0 Å². The molecule has 1 N–H and O–H groups in total. The van der Waals surface area contributed by atoms with Crippen LogP contribution in [0.15, 0.2) is 28.7 Å². The monoisotopic (exact) mass is 312 g/mol. The van der Waals surface area contributed by atoms with E-state index in [-0.39, 0.29) is 17.5 Å². The van der Waals surface area contributed by atoms with Crippen LogP contribution in [-0.2, 0) is 0 Å². The fourth-order valence-electron chi connectivity index (χ4n) is 4.42. The van der Waals surface area contributed by atoms with Crippen LogP contribution in [0, 0.1) is 12.8 Å². The molecular formula is C19H24N2O2. The molecular weight excluding hydrogens is 288 g/mol. The number of amides is 1. The van der Waals surface area contributed by atoms with Crippen molar-refractivity contribution in [3.8, 4) is 0 Å². The number of rotatable bonds is 2. The Morgan fingerprint density at radius 1 is 1.26 bits per heavy atom. The van der Waals surface area contributed by atoms with Crippen molar-refractivity contribution in [1.29, 1.82) is 0 Å². The number of nitrogens with zero attached hydrogens (tertiary/aromatic N) is 1. The Kier molecular flexibility index (Phi) is 3.27. The van der Waals surface area contributed by atoms with Gasteiger partial charge < -0.3 is 9.73 Å². The van der Waals surface area contributed by atoms with Gasteiger partial charge in [-0.25, -0.2) is 0 Å². The van der Waals surface area contributed by atoms with Gasteiger partial charge in [-0.05, 0) is 76.9 Å². The number of hydrogen-bond acceptors (Lipinski definition) is 3. The van der Waals surface area contributed by atoms with Crippen molar-refractivity contribution in [2.45, 2.75) is 45.2 Å². The second-order valence-corrected chi connectivity index (χ2v) is 7.54. The third-order valence-corrected chi connectivity index (χ3v) is 5.78. The minimum atomic E-state index is 0.0255. The van der Waals surface area contributed by atoms with E-state index in [0.717, 1.165) is 29.8 Å². The van der Waals surface area contributed by atoms with Crippen molar-refractivity contribution < 1.29 is 9.21 Å². The highest BCUT2D eigenvalue weighted by molar-refractivity contribution is 5.98. The fraction of sp³-hybridized carbons (Fsp3) is 0.526. The summed E-state index contributed by atoms with van der Waals surface area (Å²) in [5.74, 6) is 1.49. The Labute approximate surface area is 136 Å². The van der Waals surface area contributed by atoms with Gasteiger partial charge >= 0.3 is 0 Å². The van der Waals surface area contributed by atoms with E-state index in [2.05, 4.69) is 24.1 Å². The van der Waals surface area contributed by atoms with Crippen LogP contribution < -0.4 is 5.32 Å². The Morgan fingerprint density at radius 2 is 2.00 bits per heavy atom. The number of piperidine rings is 3. The molecule has 2 aromatic rings. The van der Waals surface area contributed by atoms with Crippen LogP contribution >= 0.6 is 0 Å². The number of furan rings is 1. The maximum absolute atomic E-state index is 12.8. The van der Waals surface area contributed by atoms with Gasteiger partial charge in [-0.3, -0.25) is 9.69 Å². The maximum atomic E-state index is 12.8. The molecule has 4 nitrogen and oxygen atoms in total. The topological polar surface area (TPSA) is 45.5 Å². The molecule has 3 aliphatic heterocycles. The van der Waals surface area contributed by atoms with Crippen LogP contribution in [0.1, 0.15) is 42.8 Å². The zero-order valence-corrected chi connectivity index (χ0v) is 14.1. The lowest BCUT2D eigenvalue weighted by molar-refractivity contribution is -0.0378. The highest BCUT2D eigenvalue weighted by atomic mass is 16.3. The molecule has 122 valence electrons. The summed E-state index contributed by atoms with van der Waals surface area (Å²) >= 11 is 0. The predicted octanol–water partition coefficient (Wildman–Crippen LogP) is 3.34. The van der Waals surface area contributed by atoms with Crippen LogP contribution in [0.3, 0.4) is 0 Å². The molecule has 1 unspecified atom stereocenters. The van der Waals surface area contributed by atoms with Crippen molar-refractivity contribution in [2.75, 3.05) is 13.1 Å². The minimum absolute atomic E-state index is 0.0255. The van der Waals surface area contributed by atoms with Gasteiger partial charge in [-0.1, -0.05) is 0 Å². The van der Waals surface area contributed by atoms with E-state index in [1.54, 1.807) is 0 Å². The molecule has 23 heavy (non-hydrogen) atoms. The molecule has 2 bridgehead atoms. The molecule has 1 atom stereocenters. The molecule has 4 heterocycles. The maximum Gasteiger partial charge on any atom is 0.251 e. The molecule has 1 aromatic carbocycles. The van der Waals surface area contributed by atoms with E-state index in [1.807, 2.05) is 31.2 Å². The summed E-state index contributed by atoms with van der Waals surface area (Å²) in [5.41, 5.74) is 1.58. The lowest BCUT2D eigenvalue weighted by atomic mass is 9.72. The smallest absolute Gasteiger partial charge is 0.251 e. The average molecular weight is 312 g/mol. The number of fused-ring (bicyclic) bond motifs is 4. The van der Waals surface area contributed by atoms with Crippen molar-refractivity contribution in [3.63, 3.8) is 0 Å². The summed E-state index contributed by atoms with van der Waals surface area (Å²) in [6.45, 7) is 8.75. The van der Waals surface area contributed by atoms with E-state index in [0.29, 0.717) is 11.5 Å². The van der Waals surface area contributed by atoms with E-state index in [9.17, 15) is 4.79 Å². The number of benzene rings is 1. The molecule has 4 heteroatoms. The molecule has 1 amide bonds. The van der Waals surface area contributed by atoms with Gasteiger partial charge in [-0.15, -0.1) is 0 Å². The summed E-state index contributed by atoms with van der Waals surface area (Å²) in [5, 5.41) is 4.31. The zero-order chi connectivity index (χ0) is 16.2. The fourth-order valence-corrected chi connectivity index (χ4v) is 4.42. The first-order valence-corrected chi connectivity index (χ1v) is 8.51. The first kappa shape index (κ1) is 14.8. The summed E-state index contributed by atoms with van der Waals surface area (Å²) in [6, 6.07) is 7.87. The third kappa shape index (κ3) is 2.36. The average Bonchev–Trinajstić information content (AvgIpc) is 2.90. The molecule has 0 spiro atoms. The third-order valence-electron chi connectivity index (χ3n) is 5.78. The minimum Gasteiger partial charge on any atom is -0.461 e. The Hall–Kier alpha value is -1.81. The highest BCUT2D eigenvalue weighted by Crippen LogP contribution is 2.39. The quantitative estimate of drug-likeness (QED) is 0.925. The first-order chi connectivity index (χ1) is 10.9. The molecule has 0 aliphatic carbocycles. The second kappa shape index (κ2) is 5.10. The van der Waals surface area contributed by atoms with Gasteiger partial charge in [0.05, 0.1) is 0 Å². The van der Waals surface area contributed by atoms with Crippen LogP contribution in [-0.4, -0.2) is 35.5 Å². The summed E-state index contributed by atoms with van der Waals surface area (Å²) in [7, 11) is 0. The lowest BCUT2D eigenvalue weighted by Crippen LogP contribution is -2.69. The van der Waals surface area contributed by atoms with Crippen molar-refractivity contribution in [2.24, 2.45) is 5.92 Å². The normalized spacial score (nSPS) is 28.9. The van der Waals surface area contributed by atoms with Crippen LogP contribution in [0.4, 0.5) is 0 Å².